The first-order valence-corrected chi connectivity index (χ1v) is 6.60. The van der Waals surface area contributed by atoms with Crippen LogP contribution in [0.15, 0.2) is 30.6 Å². The lowest BCUT2D eigenvalue weighted by molar-refractivity contribution is 0.683. The van der Waals surface area contributed by atoms with Gasteiger partial charge in [0.2, 0.25) is 0 Å². The Kier molecular flexibility index (Phi) is 4.64. The monoisotopic (exact) mass is 283 g/mol. The van der Waals surface area contributed by atoms with E-state index < -0.39 is 0 Å². The number of hydrogen-bond acceptors (Lipinski definition) is 2. The van der Waals surface area contributed by atoms with Crippen LogP contribution in [0.25, 0.3) is 0 Å². The van der Waals surface area contributed by atoms with E-state index in [0.29, 0.717) is 16.6 Å². The average Bonchev–Trinajstić information content (AvgIpc) is 2.78. The van der Waals surface area contributed by atoms with Gasteiger partial charge in [-0.25, -0.2) is 0 Å². The molecule has 0 amide bonds. The third-order valence-electron chi connectivity index (χ3n) is 2.61. The van der Waals surface area contributed by atoms with Crippen molar-refractivity contribution in [2.24, 2.45) is 0 Å². The molecule has 0 saturated heterocycles. The first-order valence-electron chi connectivity index (χ1n) is 5.85. The number of nitrogens with zero attached hydrogens (tertiary/aromatic N) is 2. The van der Waals surface area contributed by atoms with Crippen LogP contribution in [0.1, 0.15) is 18.1 Å². The molecule has 96 valence electrons. The predicted octanol–water partition coefficient (Wildman–Crippen LogP) is 3.35. The van der Waals surface area contributed by atoms with E-state index in [1.165, 1.54) is 5.56 Å². The fraction of sp³-hybridized carbons (Fsp3) is 0.308. The molecule has 0 aliphatic heterocycles. The Morgan fingerprint density at radius 2 is 2.17 bits per heavy atom. The predicted molar refractivity (Wildman–Crippen MR) is 75.2 cm³/mol. The Morgan fingerprint density at radius 3 is 2.89 bits per heavy atom. The number of rotatable bonds is 5. The fourth-order valence-electron chi connectivity index (χ4n) is 1.68. The van der Waals surface area contributed by atoms with E-state index in [-0.39, 0.29) is 0 Å². The van der Waals surface area contributed by atoms with Gasteiger partial charge in [0.25, 0.3) is 0 Å². The van der Waals surface area contributed by atoms with Crippen molar-refractivity contribution in [1.29, 1.82) is 0 Å². The van der Waals surface area contributed by atoms with Gasteiger partial charge in [-0.1, -0.05) is 36.2 Å². The highest BCUT2D eigenvalue weighted by Crippen LogP contribution is 2.21. The van der Waals surface area contributed by atoms with E-state index in [9.17, 15) is 0 Å². The minimum atomic E-state index is 0.650. The van der Waals surface area contributed by atoms with Gasteiger partial charge in [0.1, 0.15) is 0 Å². The molecule has 0 radical (unpaired) electrons. The summed E-state index contributed by atoms with van der Waals surface area (Å²) < 4.78 is 1.88. The zero-order chi connectivity index (χ0) is 13.0. The quantitative estimate of drug-likeness (QED) is 0.912. The van der Waals surface area contributed by atoms with Crippen molar-refractivity contribution in [2.45, 2.75) is 20.0 Å². The van der Waals surface area contributed by atoms with Crippen LogP contribution in [0.5, 0.6) is 0 Å². The van der Waals surface area contributed by atoms with E-state index in [1.807, 2.05) is 29.2 Å². The molecular weight excluding hydrogens is 269 g/mol. The molecule has 0 unspecified atom stereocenters. The van der Waals surface area contributed by atoms with Crippen LogP contribution < -0.4 is 5.32 Å². The van der Waals surface area contributed by atoms with Crippen LogP contribution in [-0.4, -0.2) is 16.3 Å². The summed E-state index contributed by atoms with van der Waals surface area (Å²) in [4.78, 5) is 0. The summed E-state index contributed by atoms with van der Waals surface area (Å²) in [7, 11) is 0. The first kappa shape index (κ1) is 13.4. The van der Waals surface area contributed by atoms with Crippen molar-refractivity contribution in [3.63, 3.8) is 0 Å². The molecule has 0 spiro atoms. The maximum absolute atomic E-state index is 6.13. The van der Waals surface area contributed by atoms with Gasteiger partial charge in [-0.2, -0.15) is 5.10 Å². The Bertz CT molecular complexity index is 523. The average molecular weight is 284 g/mol. The van der Waals surface area contributed by atoms with Crippen molar-refractivity contribution < 1.29 is 0 Å². The van der Waals surface area contributed by atoms with Crippen molar-refractivity contribution in [3.05, 3.63) is 51.8 Å². The minimum Gasteiger partial charge on any atom is -0.313 e. The zero-order valence-corrected chi connectivity index (χ0v) is 11.7. The first-order chi connectivity index (χ1) is 8.69. The van der Waals surface area contributed by atoms with E-state index >= 15 is 0 Å². The van der Waals surface area contributed by atoms with Crippen molar-refractivity contribution in [1.82, 2.24) is 15.1 Å². The second kappa shape index (κ2) is 6.23. The van der Waals surface area contributed by atoms with Gasteiger partial charge < -0.3 is 5.32 Å². The van der Waals surface area contributed by atoms with E-state index in [1.54, 1.807) is 6.07 Å². The molecule has 1 heterocycles. The van der Waals surface area contributed by atoms with Crippen LogP contribution in [0, 0.1) is 0 Å². The SMILES string of the molecule is CCNCc1cnn(Cc2ccc(Cl)cc2Cl)c1. The maximum atomic E-state index is 6.13. The molecule has 2 rings (SSSR count). The number of halogens is 2. The van der Waals surface area contributed by atoms with E-state index in [4.69, 9.17) is 23.2 Å². The lowest BCUT2D eigenvalue weighted by Crippen LogP contribution is -2.11. The number of benzene rings is 1. The molecule has 1 N–H and O–H groups in total. The van der Waals surface area contributed by atoms with Gasteiger partial charge >= 0.3 is 0 Å². The lowest BCUT2D eigenvalue weighted by atomic mass is 10.2. The van der Waals surface area contributed by atoms with E-state index in [0.717, 1.165) is 18.7 Å². The maximum Gasteiger partial charge on any atom is 0.0674 e. The number of nitrogens with one attached hydrogen (secondary N) is 1. The Balaban J connectivity index is 2.06. The van der Waals surface area contributed by atoms with Crippen LogP contribution in [-0.2, 0) is 13.1 Å². The van der Waals surface area contributed by atoms with Crippen molar-refractivity contribution >= 4 is 23.2 Å². The minimum absolute atomic E-state index is 0.650. The molecule has 0 aliphatic rings. The van der Waals surface area contributed by atoms with Crippen LogP contribution in [0.2, 0.25) is 10.0 Å². The molecular formula is C13H15Cl2N3. The molecule has 0 bridgehead atoms. The van der Waals surface area contributed by atoms with E-state index in [2.05, 4.69) is 17.3 Å². The standard InChI is InChI=1S/C13H15Cl2N3/c1-2-16-6-10-7-17-18(8-10)9-11-3-4-12(14)5-13(11)15/h3-5,7-8,16H,2,6,9H2,1H3. The summed E-state index contributed by atoms with van der Waals surface area (Å²) >= 11 is 12.0. The normalized spacial score (nSPS) is 10.8. The largest absolute Gasteiger partial charge is 0.313 e. The highest BCUT2D eigenvalue weighted by Gasteiger charge is 2.04. The number of hydrogen-bond donors (Lipinski definition) is 1. The molecule has 0 saturated carbocycles. The Labute approximate surface area is 117 Å². The highest BCUT2D eigenvalue weighted by molar-refractivity contribution is 6.35. The Morgan fingerprint density at radius 1 is 1.33 bits per heavy atom. The Hall–Kier alpha value is -1.03. The number of aromatic nitrogens is 2. The van der Waals surface area contributed by atoms with Gasteiger partial charge in [-0.3, -0.25) is 4.68 Å². The van der Waals surface area contributed by atoms with Gasteiger partial charge in [0, 0.05) is 28.4 Å². The summed E-state index contributed by atoms with van der Waals surface area (Å²) in [6.07, 6.45) is 3.89. The molecule has 3 nitrogen and oxygen atoms in total. The third-order valence-corrected chi connectivity index (χ3v) is 3.20. The summed E-state index contributed by atoms with van der Waals surface area (Å²) in [5.74, 6) is 0. The second-order valence-electron chi connectivity index (χ2n) is 4.06. The molecule has 0 atom stereocenters. The summed E-state index contributed by atoms with van der Waals surface area (Å²) in [5, 5.41) is 8.90. The molecule has 2 aromatic rings. The molecule has 5 heteroatoms. The van der Waals surface area contributed by atoms with Gasteiger partial charge in [-0.15, -0.1) is 0 Å². The second-order valence-corrected chi connectivity index (χ2v) is 4.91. The summed E-state index contributed by atoms with van der Waals surface area (Å²) in [6.45, 7) is 4.53. The van der Waals surface area contributed by atoms with Gasteiger partial charge in [0.05, 0.1) is 12.7 Å². The summed E-state index contributed by atoms with van der Waals surface area (Å²) in [6, 6.07) is 5.52. The van der Waals surface area contributed by atoms with Crippen LogP contribution in [0.4, 0.5) is 0 Å². The van der Waals surface area contributed by atoms with Gasteiger partial charge in [-0.05, 0) is 24.2 Å². The van der Waals surface area contributed by atoms with Crippen LogP contribution in [0.3, 0.4) is 0 Å². The molecule has 0 fully saturated rings. The fourth-order valence-corrected chi connectivity index (χ4v) is 2.15. The van der Waals surface area contributed by atoms with Crippen molar-refractivity contribution in [2.75, 3.05) is 6.54 Å². The highest BCUT2D eigenvalue weighted by atomic mass is 35.5. The van der Waals surface area contributed by atoms with Crippen LogP contribution >= 0.6 is 23.2 Å². The van der Waals surface area contributed by atoms with Crippen molar-refractivity contribution in [3.8, 4) is 0 Å². The zero-order valence-electron chi connectivity index (χ0n) is 10.2. The molecule has 0 aliphatic carbocycles. The summed E-state index contributed by atoms with van der Waals surface area (Å²) in [5.41, 5.74) is 2.18. The lowest BCUT2D eigenvalue weighted by Gasteiger charge is -2.05. The molecule has 1 aromatic heterocycles. The topological polar surface area (TPSA) is 29.9 Å². The van der Waals surface area contributed by atoms with Gasteiger partial charge in [0.15, 0.2) is 0 Å². The smallest absolute Gasteiger partial charge is 0.0674 e. The molecule has 18 heavy (non-hydrogen) atoms. The third kappa shape index (κ3) is 3.48. The molecule has 1 aromatic carbocycles.